The molecular weight excluding hydrogens is 210 g/mol. The predicted molar refractivity (Wildman–Crippen MR) is 68.5 cm³/mol. The summed E-state index contributed by atoms with van der Waals surface area (Å²) in [4.78, 5) is 8.34. The first-order valence-corrected chi connectivity index (χ1v) is 5.76. The van der Waals surface area contributed by atoms with E-state index in [1.165, 1.54) is 22.3 Å². The number of hydrogen-bond acceptors (Lipinski definition) is 3. The van der Waals surface area contributed by atoms with Crippen LogP contribution < -0.4 is 5.32 Å². The van der Waals surface area contributed by atoms with E-state index < -0.39 is 0 Å². The van der Waals surface area contributed by atoms with Crippen molar-refractivity contribution in [2.45, 2.75) is 26.9 Å². The molecule has 0 spiro atoms. The summed E-state index contributed by atoms with van der Waals surface area (Å²) in [5.74, 6) is 0. The van der Waals surface area contributed by atoms with E-state index in [2.05, 4.69) is 41.3 Å². The predicted octanol–water partition coefficient (Wildman–Crippen LogP) is 2.38. The largest absolute Gasteiger partial charge is 0.309 e. The fraction of sp³-hybridized carbons (Fsp3) is 0.286. The molecule has 17 heavy (non-hydrogen) atoms. The van der Waals surface area contributed by atoms with Gasteiger partial charge in [0.2, 0.25) is 0 Å². The van der Waals surface area contributed by atoms with E-state index in [9.17, 15) is 0 Å². The van der Waals surface area contributed by atoms with Crippen LogP contribution in [0.4, 0.5) is 0 Å². The lowest BCUT2D eigenvalue weighted by Crippen LogP contribution is -2.13. The average molecular weight is 227 g/mol. The second kappa shape index (κ2) is 5.55. The van der Waals surface area contributed by atoms with Crippen molar-refractivity contribution >= 4 is 0 Å². The van der Waals surface area contributed by atoms with Crippen molar-refractivity contribution in [2.75, 3.05) is 0 Å². The van der Waals surface area contributed by atoms with E-state index in [4.69, 9.17) is 0 Å². The maximum Gasteiger partial charge on any atom is 0.0313 e. The molecule has 0 fully saturated rings. The number of nitrogens with zero attached hydrogens (tertiary/aromatic N) is 2. The van der Waals surface area contributed by atoms with Crippen LogP contribution >= 0.6 is 0 Å². The summed E-state index contributed by atoms with van der Waals surface area (Å²) in [6.45, 7) is 5.78. The van der Waals surface area contributed by atoms with Gasteiger partial charge in [-0.3, -0.25) is 9.97 Å². The third-order valence-corrected chi connectivity index (χ3v) is 2.52. The van der Waals surface area contributed by atoms with Crippen LogP contribution in [0.5, 0.6) is 0 Å². The standard InChI is InChI=1S/C14H17N3/c1-11-3-13(7-15-5-11)9-17-10-14-4-12(2)6-16-8-14/h3-8,17H,9-10H2,1-2H3. The Bertz CT molecular complexity index is 449. The highest BCUT2D eigenvalue weighted by Gasteiger charge is 1.96. The van der Waals surface area contributed by atoms with Gasteiger partial charge in [0, 0.05) is 37.9 Å². The lowest BCUT2D eigenvalue weighted by Gasteiger charge is -2.05. The molecule has 0 aromatic carbocycles. The third-order valence-electron chi connectivity index (χ3n) is 2.52. The van der Waals surface area contributed by atoms with Gasteiger partial charge in [-0.15, -0.1) is 0 Å². The number of rotatable bonds is 4. The summed E-state index contributed by atoms with van der Waals surface area (Å²) >= 11 is 0. The van der Waals surface area contributed by atoms with Crippen LogP contribution in [0, 0.1) is 13.8 Å². The van der Waals surface area contributed by atoms with Gasteiger partial charge in [0.1, 0.15) is 0 Å². The third kappa shape index (κ3) is 3.64. The lowest BCUT2D eigenvalue weighted by molar-refractivity contribution is 0.688. The Kier molecular flexibility index (Phi) is 3.83. The lowest BCUT2D eigenvalue weighted by atomic mass is 10.2. The van der Waals surface area contributed by atoms with Crippen LogP contribution in [-0.2, 0) is 13.1 Å². The summed E-state index contributed by atoms with van der Waals surface area (Å²) in [5.41, 5.74) is 4.82. The summed E-state index contributed by atoms with van der Waals surface area (Å²) in [6.07, 6.45) is 7.53. The minimum absolute atomic E-state index is 0.836. The molecular formula is C14H17N3. The van der Waals surface area contributed by atoms with E-state index in [1.54, 1.807) is 0 Å². The maximum absolute atomic E-state index is 4.17. The molecule has 1 N–H and O–H groups in total. The molecule has 2 aromatic heterocycles. The molecule has 0 aliphatic carbocycles. The van der Waals surface area contributed by atoms with Gasteiger partial charge >= 0.3 is 0 Å². The molecule has 0 saturated heterocycles. The van der Waals surface area contributed by atoms with Crippen LogP contribution in [0.15, 0.2) is 36.9 Å². The van der Waals surface area contributed by atoms with Crippen molar-refractivity contribution in [1.82, 2.24) is 15.3 Å². The van der Waals surface area contributed by atoms with Gasteiger partial charge in [0.05, 0.1) is 0 Å². The average Bonchev–Trinajstić information content (AvgIpc) is 2.29. The van der Waals surface area contributed by atoms with Gasteiger partial charge < -0.3 is 5.32 Å². The van der Waals surface area contributed by atoms with Gasteiger partial charge in [-0.25, -0.2) is 0 Å². The monoisotopic (exact) mass is 227 g/mol. The Morgan fingerprint density at radius 3 is 1.71 bits per heavy atom. The first-order chi connectivity index (χ1) is 8.24. The molecule has 3 heteroatoms. The van der Waals surface area contributed by atoms with Gasteiger partial charge in [0.15, 0.2) is 0 Å². The summed E-state index contributed by atoms with van der Waals surface area (Å²) in [6, 6.07) is 4.29. The quantitative estimate of drug-likeness (QED) is 0.871. The fourth-order valence-electron chi connectivity index (χ4n) is 1.78. The van der Waals surface area contributed by atoms with E-state index in [-0.39, 0.29) is 0 Å². The maximum atomic E-state index is 4.17. The summed E-state index contributed by atoms with van der Waals surface area (Å²) < 4.78 is 0. The first kappa shape index (κ1) is 11.7. The molecule has 3 nitrogen and oxygen atoms in total. The van der Waals surface area contributed by atoms with Crippen LogP contribution in [0.3, 0.4) is 0 Å². The summed E-state index contributed by atoms with van der Waals surface area (Å²) in [7, 11) is 0. The van der Waals surface area contributed by atoms with Crippen molar-refractivity contribution in [2.24, 2.45) is 0 Å². The van der Waals surface area contributed by atoms with Gasteiger partial charge in [-0.1, -0.05) is 12.1 Å². The molecule has 0 aliphatic rings. The molecule has 2 aromatic rings. The smallest absolute Gasteiger partial charge is 0.0313 e. The minimum atomic E-state index is 0.836. The van der Waals surface area contributed by atoms with Crippen molar-refractivity contribution in [1.29, 1.82) is 0 Å². The number of hydrogen-bond donors (Lipinski definition) is 1. The molecule has 2 rings (SSSR count). The second-order valence-electron chi connectivity index (χ2n) is 4.34. The van der Waals surface area contributed by atoms with Gasteiger partial charge in [0.25, 0.3) is 0 Å². The van der Waals surface area contributed by atoms with E-state index in [0.717, 1.165) is 13.1 Å². The number of aryl methyl sites for hydroxylation is 2. The topological polar surface area (TPSA) is 37.8 Å². The van der Waals surface area contributed by atoms with Crippen LogP contribution in [0.2, 0.25) is 0 Å². The number of nitrogens with one attached hydrogen (secondary N) is 1. The molecule has 0 radical (unpaired) electrons. The SMILES string of the molecule is Cc1cncc(CNCc2cncc(C)c2)c1. The molecule has 0 amide bonds. The summed E-state index contributed by atoms with van der Waals surface area (Å²) in [5, 5.41) is 3.39. The zero-order valence-corrected chi connectivity index (χ0v) is 10.3. The Labute approximate surface area is 102 Å². The second-order valence-corrected chi connectivity index (χ2v) is 4.34. The minimum Gasteiger partial charge on any atom is -0.309 e. The van der Waals surface area contributed by atoms with E-state index in [1.807, 2.05) is 24.8 Å². The Morgan fingerprint density at radius 1 is 0.824 bits per heavy atom. The van der Waals surface area contributed by atoms with Crippen molar-refractivity contribution in [3.8, 4) is 0 Å². The number of aromatic nitrogens is 2. The molecule has 0 unspecified atom stereocenters. The Hall–Kier alpha value is -1.74. The Balaban J connectivity index is 1.87. The van der Waals surface area contributed by atoms with Crippen molar-refractivity contribution in [3.63, 3.8) is 0 Å². The molecule has 0 saturated carbocycles. The highest BCUT2D eigenvalue weighted by Crippen LogP contribution is 2.03. The van der Waals surface area contributed by atoms with Crippen LogP contribution in [0.1, 0.15) is 22.3 Å². The van der Waals surface area contributed by atoms with Gasteiger partial charge in [-0.05, 0) is 36.1 Å². The highest BCUT2D eigenvalue weighted by atomic mass is 14.9. The zero-order chi connectivity index (χ0) is 12.1. The first-order valence-electron chi connectivity index (χ1n) is 5.76. The number of pyridine rings is 2. The van der Waals surface area contributed by atoms with Crippen molar-refractivity contribution < 1.29 is 0 Å². The molecule has 88 valence electrons. The molecule has 0 aliphatic heterocycles. The van der Waals surface area contributed by atoms with Crippen molar-refractivity contribution in [3.05, 3.63) is 59.2 Å². The fourth-order valence-corrected chi connectivity index (χ4v) is 1.78. The molecule has 0 bridgehead atoms. The highest BCUT2D eigenvalue weighted by molar-refractivity contribution is 5.18. The molecule has 0 atom stereocenters. The zero-order valence-electron chi connectivity index (χ0n) is 10.3. The van der Waals surface area contributed by atoms with E-state index in [0.29, 0.717) is 0 Å². The Morgan fingerprint density at radius 2 is 1.29 bits per heavy atom. The van der Waals surface area contributed by atoms with Gasteiger partial charge in [-0.2, -0.15) is 0 Å². The van der Waals surface area contributed by atoms with Crippen LogP contribution in [-0.4, -0.2) is 9.97 Å². The molecule has 2 heterocycles. The normalized spacial score (nSPS) is 10.5. The van der Waals surface area contributed by atoms with E-state index >= 15 is 0 Å². The van der Waals surface area contributed by atoms with Crippen LogP contribution in [0.25, 0.3) is 0 Å².